The molecule has 2 fully saturated rings. The largest absolute Gasteiger partial charge is 0.493 e. The van der Waals surface area contributed by atoms with Crippen molar-refractivity contribution in [3.8, 4) is 5.75 Å². The van der Waals surface area contributed by atoms with Crippen LogP contribution in [0.4, 0.5) is 0 Å². The number of carbonyl (C=O) groups is 1. The van der Waals surface area contributed by atoms with Crippen molar-refractivity contribution in [1.82, 2.24) is 0 Å². The molecule has 1 aromatic rings. The van der Waals surface area contributed by atoms with Crippen molar-refractivity contribution in [3.63, 3.8) is 0 Å². The molecule has 2 nitrogen and oxygen atoms in total. The second-order valence-corrected chi connectivity index (χ2v) is 5.58. The van der Waals surface area contributed by atoms with Gasteiger partial charge in [0.05, 0.1) is 12.2 Å². The van der Waals surface area contributed by atoms with Gasteiger partial charge in [0.15, 0.2) is 5.78 Å². The van der Waals surface area contributed by atoms with Gasteiger partial charge in [-0.25, -0.2) is 0 Å². The first-order chi connectivity index (χ1) is 8.72. The Balaban J connectivity index is 1.86. The molecule has 0 bridgehead atoms. The van der Waals surface area contributed by atoms with Crippen LogP contribution in [0.3, 0.4) is 0 Å². The average molecular weight is 244 g/mol. The molecule has 1 aromatic carbocycles. The zero-order valence-corrected chi connectivity index (χ0v) is 11.1. The zero-order valence-electron chi connectivity index (χ0n) is 11.1. The van der Waals surface area contributed by atoms with E-state index >= 15 is 0 Å². The maximum Gasteiger partial charge on any atom is 0.170 e. The number of rotatable bonds is 4. The zero-order chi connectivity index (χ0) is 12.7. The molecule has 0 aliphatic heterocycles. The highest BCUT2D eigenvalue weighted by Crippen LogP contribution is 2.58. The Hall–Kier alpha value is -1.31. The number of hydrogen-bond donors (Lipinski definition) is 0. The minimum Gasteiger partial charge on any atom is -0.493 e. The fraction of sp³-hybridized carbons (Fsp3) is 0.562. The summed E-state index contributed by atoms with van der Waals surface area (Å²) in [5, 5.41) is 0. The number of carbonyl (C=O) groups excluding carboxylic acids is 1. The van der Waals surface area contributed by atoms with Crippen molar-refractivity contribution >= 4 is 5.78 Å². The maximum absolute atomic E-state index is 12.6. The van der Waals surface area contributed by atoms with E-state index in [9.17, 15) is 4.79 Å². The van der Waals surface area contributed by atoms with Gasteiger partial charge in [-0.05, 0) is 50.7 Å². The lowest BCUT2D eigenvalue weighted by molar-refractivity contribution is 0.0947. The molecule has 2 atom stereocenters. The molecule has 0 amide bonds. The fourth-order valence-corrected chi connectivity index (χ4v) is 3.51. The van der Waals surface area contributed by atoms with Crippen molar-refractivity contribution in [2.75, 3.05) is 6.61 Å². The van der Waals surface area contributed by atoms with Crippen LogP contribution >= 0.6 is 0 Å². The first kappa shape index (κ1) is 11.8. The molecule has 3 rings (SSSR count). The van der Waals surface area contributed by atoms with Crippen LogP contribution in [0.15, 0.2) is 18.2 Å². The molecule has 0 saturated heterocycles. The molecule has 2 aliphatic rings. The first-order valence-electron chi connectivity index (χ1n) is 7.00. The standard InChI is InChI=1S/C16H20O2/c1-3-18-14-8-7-10(2)9-13(14)16(17)15-11-5-4-6-12(11)15/h7-9,11-12,15H,3-6H2,1-2H3. The van der Waals surface area contributed by atoms with Crippen LogP contribution in [0, 0.1) is 24.7 Å². The van der Waals surface area contributed by atoms with Gasteiger partial charge in [0, 0.05) is 5.92 Å². The SMILES string of the molecule is CCOc1ccc(C)cc1C(=O)C1C2CCCC21. The van der Waals surface area contributed by atoms with Crippen LogP contribution in [-0.2, 0) is 0 Å². The topological polar surface area (TPSA) is 26.3 Å². The Morgan fingerprint density at radius 2 is 2.06 bits per heavy atom. The van der Waals surface area contributed by atoms with Crippen LogP contribution in [0.2, 0.25) is 0 Å². The highest BCUT2D eigenvalue weighted by atomic mass is 16.5. The Bertz CT molecular complexity index is 468. The molecule has 0 heterocycles. The van der Waals surface area contributed by atoms with Crippen molar-refractivity contribution < 1.29 is 9.53 Å². The quantitative estimate of drug-likeness (QED) is 0.756. The van der Waals surface area contributed by atoms with E-state index in [1.54, 1.807) is 0 Å². The first-order valence-corrected chi connectivity index (χ1v) is 7.00. The third-order valence-corrected chi connectivity index (χ3v) is 4.41. The number of ketones is 1. The summed E-state index contributed by atoms with van der Waals surface area (Å²) in [4.78, 5) is 12.6. The summed E-state index contributed by atoms with van der Waals surface area (Å²) in [6, 6.07) is 5.93. The van der Waals surface area contributed by atoms with Crippen molar-refractivity contribution in [3.05, 3.63) is 29.3 Å². The van der Waals surface area contributed by atoms with Gasteiger partial charge in [0.1, 0.15) is 5.75 Å². The summed E-state index contributed by atoms with van der Waals surface area (Å²) in [6.07, 6.45) is 3.80. The Morgan fingerprint density at radius 1 is 1.33 bits per heavy atom. The van der Waals surface area contributed by atoms with Crippen LogP contribution < -0.4 is 4.74 Å². The monoisotopic (exact) mass is 244 g/mol. The van der Waals surface area contributed by atoms with Crippen LogP contribution in [0.5, 0.6) is 5.75 Å². The molecule has 2 unspecified atom stereocenters. The van der Waals surface area contributed by atoms with E-state index < -0.39 is 0 Å². The molecule has 2 aliphatic carbocycles. The molecule has 96 valence electrons. The Labute approximate surface area is 108 Å². The van der Waals surface area contributed by atoms with Gasteiger partial charge < -0.3 is 4.74 Å². The van der Waals surface area contributed by atoms with Crippen molar-refractivity contribution in [1.29, 1.82) is 0 Å². The predicted molar refractivity (Wildman–Crippen MR) is 71.0 cm³/mol. The summed E-state index contributed by atoms with van der Waals surface area (Å²) in [5.41, 5.74) is 1.93. The van der Waals surface area contributed by atoms with Gasteiger partial charge in [-0.15, -0.1) is 0 Å². The summed E-state index contributed by atoms with van der Waals surface area (Å²) in [6.45, 7) is 4.60. The number of hydrogen-bond acceptors (Lipinski definition) is 2. The minimum absolute atomic E-state index is 0.291. The second kappa shape index (κ2) is 4.42. The molecule has 2 saturated carbocycles. The van der Waals surface area contributed by atoms with E-state index in [2.05, 4.69) is 0 Å². The Morgan fingerprint density at radius 3 is 2.72 bits per heavy atom. The van der Waals surface area contributed by atoms with Gasteiger partial charge in [-0.1, -0.05) is 18.1 Å². The fourth-order valence-electron chi connectivity index (χ4n) is 3.51. The molecule has 2 heteroatoms. The van der Waals surface area contributed by atoms with E-state index in [1.165, 1.54) is 19.3 Å². The van der Waals surface area contributed by atoms with Gasteiger partial charge in [-0.3, -0.25) is 4.79 Å². The van der Waals surface area contributed by atoms with E-state index in [-0.39, 0.29) is 0 Å². The minimum atomic E-state index is 0.291. The summed E-state index contributed by atoms with van der Waals surface area (Å²) in [7, 11) is 0. The predicted octanol–water partition coefficient (Wildman–Crippen LogP) is 3.62. The number of ether oxygens (including phenoxy) is 1. The third-order valence-electron chi connectivity index (χ3n) is 4.41. The molecule has 0 spiro atoms. The normalized spacial score (nSPS) is 28.9. The summed E-state index contributed by atoms with van der Waals surface area (Å²) in [5.74, 6) is 2.72. The molecule has 0 radical (unpaired) electrons. The number of fused-ring (bicyclic) bond motifs is 1. The lowest BCUT2D eigenvalue weighted by atomic mass is 9.99. The average Bonchev–Trinajstić information content (AvgIpc) is 2.84. The lowest BCUT2D eigenvalue weighted by Crippen LogP contribution is -2.09. The van der Waals surface area contributed by atoms with Crippen molar-refractivity contribution in [2.24, 2.45) is 17.8 Å². The molecular formula is C16H20O2. The molecular weight excluding hydrogens is 224 g/mol. The van der Waals surface area contributed by atoms with E-state index in [0.717, 1.165) is 16.9 Å². The highest BCUT2D eigenvalue weighted by molar-refractivity contribution is 6.02. The molecule has 0 aromatic heterocycles. The maximum atomic E-state index is 12.6. The molecule has 18 heavy (non-hydrogen) atoms. The van der Waals surface area contributed by atoms with Crippen molar-refractivity contribution in [2.45, 2.75) is 33.1 Å². The smallest absolute Gasteiger partial charge is 0.170 e. The van der Waals surface area contributed by atoms with E-state index in [4.69, 9.17) is 4.74 Å². The highest BCUT2D eigenvalue weighted by Gasteiger charge is 2.56. The van der Waals surface area contributed by atoms with Crippen LogP contribution in [0.25, 0.3) is 0 Å². The summed E-state index contributed by atoms with van der Waals surface area (Å²) < 4.78 is 5.59. The number of Topliss-reactive ketones (excluding diaryl/α,β-unsaturated/α-hetero) is 1. The van der Waals surface area contributed by atoms with Gasteiger partial charge in [0.25, 0.3) is 0 Å². The number of aryl methyl sites for hydroxylation is 1. The van der Waals surface area contributed by atoms with E-state index in [0.29, 0.717) is 30.1 Å². The van der Waals surface area contributed by atoms with Gasteiger partial charge in [-0.2, -0.15) is 0 Å². The summed E-state index contributed by atoms with van der Waals surface area (Å²) >= 11 is 0. The van der Waals surface area contributed by atoms with Gasteiger partial charge >= 0.3 is 0 Å². The lowest BCUT2D eigenvalue weighted by Gasteiger charge is -2.11. The van der Waals surface area contributed by atoms with E-state index in [1.807, 2.05) is 32.0 Å². The number of benzene rings is 1. The van der Waals surface area contributed by atoms with Gasteiger partial charge in [0.2, 0.25) is 0 Å². The van der Waals surface area contributed by atoms with Crippen LogP contribution in [-0.4, -0.2) is 12.4 Å². The Kier molecular flexibility index (Phi) is 2.89. The second-order valence-electron chi connectivity index (χ2n) is 5.58. The third kappa shape index (κ3) is 1.84. The van der Waals surface area contributed by atoms with Crippen LogP contribution in [0.1, 0.15) is 42.1 Å². The molecule has 0 N–H and O–H groups in total.